The molecule has 18 heavy (non-hydrogen) atoms. The minimum Gasteiger partial charge on any atom is -0.324 e. The van der Waals surface area contributed by atoms with Crippen LogP contribution in [0.1, 0.15) is 22.7 Å². The van der Waals surface area contributed by atoms with Crippen LogP contribution in [0.25, 0.3) is 0 Å². The second kappa shape index (κ2) is 5.80. The maximum Gasteiger partial charge on any atom is 0.123 e. The zero-order chi connectivity index (χ0) is 13.1. The molecule has 0 saturated heterocycles. The van der Waals surface area contributed by atoms with E-state index in [1.54, 1.807) is 12.1 Å². The summed E-state index contributed by atoms with van der Waals surface area (Å²) in [6, 6.07) is 12.8. The van der Waals surface area contributed by atoms with Crippen molar-refractivity contribution in [1.82, 2.24) is 0 Å². The number of benzene rings is 2. The molecule has 0 bridgehead atoms. The number of hydrogen-bond acceptors (Lipinski definition) is 1. The van der Waals surface area contributed by atoms with Crippen molar-refractivity contribution in [1.29, 1.82) is 0 Å². The molecule has 0 fully saturated rings. The summed E-state index contributed by atoms with van der Waals surface area (Å²) in [7, 11) is 0. The lowest BCUT2D eigenvalue weighted by molar-refractivity contribution is 0.620. The van der Waals surface area contributed by atoms with Crippen molar-refractivity contribution in [3.8, 4) is 0 Å². The maximum atomic E-state index is 13.2. The highest BCUT2D eigenvalue weighted by Crippen LogP contribution is 2.23. The number of aryl methyl sites for hydroxylation is 1. The minimum absolute atomic E-state index is 0.0985. The Balaban J connectivity index is 2.24. The molecule has 0 heterocycles. The molecule has 1 atom stereocenters. The fourth-order valence-corrected chi connectivity index (χ4v) is 2.77. The van der Waals surface area contributed by atoms with Crippen LogP contribution in [-0.2, 0) is 6.42 Å². The standard InChI is InChI=1S/C15H15FIN/c1-10-6-7-12(16)8-11(10)9-15(18)13-4-2-3-5-14(13)17/h2-8,15H,9,18H2,1H3. The molecular formula is C15H15FIN. The summed E-state index contributed by atoms with van der Waals surface area (Å²) < 4.78 is 14.4. The average Bonchev–Trinajstić information content (AvgIpc) is 2.34. The van der Waals surface area contributed by atoms with Gasteiger partial charge in [0.1, 0.15) is 5.82 Å². The normalized spacial score (nSPS) is 12.4. The van der Waals surface area contributed by atoms with E-state index in [1.165, 1.54) is 6.07 Å². The largest absolute Gasteiger partial charge is 0.324 e. The Hall–Kier alpha value is -0.940. The van der Waals surface area contributed by atoms with Gasteiger partial charge in [0.25, 0.3) is 0 Å². The minimum atomic E-state index is -0.203. The van der Waals surface area contributed by atoms with Gasteiger partial charge < -0.3 is 5.73 Å². The Morgan fingerprint density at radius 3 is 2.67 bits per heavy atom. The van der Waals surface area contributed by atoms with Crippen LogP contribution >= 0.6 is 22.6 Å². The Labute approximate surface area is 120 Å². The first-order valence-electron chi connectivity index (χ1n) is 5.83. The molecule has 1 nitrogen and oxygen atoms in total. The van der Waals surface area contributed by atoms with Gasteiger partial charge in [0.2, 0.25) is 0 Å². The van der Waals surface area contributed by atoms with Gasteiger partial charge in [-0.1, -0.05) is 24.3 Å². The van der Waals surface area contributed by atoms with E-state index in [9.17, 15) is 4.39 Å². The number of halogens is 2. The molecule has 2 aromatic rings. The van der Waals surface area contributed by atoms with Crippen molar-refractivity contribution in [2.45, 2.75) is 19.4 Å². The molecule has 0 aliphatic rings. The van der Waals surface area contributed by atoms with Crippen molar-refractivity contribution < 1.29 is 4.39 Å². The second-order valence-electron chi connectivity index (χ2n) is 4.40. The van der Waals surface area contributed by atoms with E-state index >= 15 is 0 Å². The molecular weight excluding hydrogens is 340 g/mol. The highest BCUT2D eigenvalue weighted by Gasteiger charge is 2.11. The van der Waals surface area contributed by atoms with Crippen LogP contribution in [0, 0.1) is 16.3 Å². The van der Waals surface area contributed by atoms with Gasteiger partial charge >= 0.3 is 0 Å². The molecule has 0 amide bonds. The third kappa shape index (κ3) is 3.09. The summed E-state index contributed by atoms with van der Waals surface area (Å²) in [6.07, 6.45) is 0.656. The average molecular weight is 355 g/mol. The van der Waals surface area contributed by atoms with Crippen LogP contribution in [0.2, 0.25) is 0 Å². The van der Waals surface area contributed by atoms with Gasteiger partial charge in [0.15, 0.2) is 0 Å². The lowest BCUT2D eigenvalue weighted by Crippen LogP contribution is -2.15. The molecule has 0 aliphatic heterocycles. The Bertz CT molecular complexity index is 554. The van der Waals surface area contributed by atoms with Crippen molar-refractivity contribution in [2.24, 2.45) is 5.73 Å². The van der Waals surface area contributed by atoms with Crippen LogP contribution in [0.15, 0.2) is 42.5 Å². The quantitative estimate of drug-likeness (QED) is 0.829. The molecule has 0 aliphatic carbocycles. The van der Waals surface area contributed by atoms with Crippen LogP contribution in [0.3, 0.4) is 0 Å². The summed E-state index contributed by atoms with van der Waals surface area (Å²) in [5.74, 6) is -0.203. The fourth-order valence-electron chi connectivity index (χ4n) is 1.98. The molecule has 0 radical (unpaired) electrons. The first-order valence-corrected chi connectivity index (χ1v) is 6.91. The van der Waals surface area contributed by atoms with E-state index in [0.717, 1.165) is 20.3 Å². The van der Waals surface area contributed by atoms with Gasteiger partial charge in [-0.3, -0.25) is 0 Å². The van der Waals surface area contributed by atoms with E-state index in [0.29, 0.717) is 6.42 Å². The monoisotopic (exact) mass is 355 g/mol. The van der Waals surface area contributed by atoms with Crippen molar-refractivity contribution >= 4 is 22.6 Å². The zero-order valence-electron chi connectivity index (χ0n) is 10.2. The van der Waals surface area contributed by atoms with Gasteiger partial charge in [-0.05, 0) is 70.8 Å². The van der Waals surface area contributed by atoms with Crippen LogP contribution in [0.4, 0.5) is 4.39 Å². The van der Waals surface area contributed by atoms with Crippen LogP contribution in [0.5, 0.6) is 0 Å². The molecule has 3 heteroatoms. The second-order valence-corrected chi connectivity index (χ2v) is 5.57. The van der Waals surface area contributed by atoms with E-state index in [4.69, 9.17) is 5.73 Å². The lowest BCUT2D eigenvalue weighted by atomic mass is 9.97. The summed E-state index contributed by atoms with van der Waals surface area (Å²) in [5.41, 5.74) is 9.39. The van der Waals surface area contributed by atoms with E-state index in [-0.39, 0.29) is 11.9 Å². The first-order chi connectivity index (χ1) is 8.58. The fraction of sp³-hybridized carbons (Fsp3) is 0.200. The number of rotatable bonds is 3. The predicted molar refractivity (Wildman–Crippen MR) is 80.9 cm³/mol. The molecule has 0 aromatic heterocycles. The number of hydrogen-bond donors (Lipinski definition) is 1. The van der Waals surface area contributed by atoms with Gasteiger partial charge in [-0.25, -0.2) is 4.39 Å². The topological polar surface area (TPSA) is 26.0 Å². The summed E-state index contributed by atoms with van der Waals surface area (Å²) in [5, 5.41) is 0. The molecule has 1 unspecified atom stereocenters. The Kier molecular flexibility index (Phi) is 4.35. The van der Waals surface area contributed by atoms with E-state index < -0.39 is 0 Å². The SMILES string of the molecule is Cc1ccc(F)cc1CC(N)c1ccccc1I. The smallest absolute Gasteiger partial charge is 0.123 e. The van der Waals surface area contributed by atoms with Crippen LogP contribution < -0.4 is 5.73 Å². The highest BCUT2D eigenvalue weighted by atomic mass is 127. The zero-order valence-corrected chi connectivity index (χ0v) is 12.3. The molecule has 94 valence electrons. The van der Waals surface area contributed by atoms with Gasteiger partial charge in [-0.15, -0.1) is 0 Å². The summed E-state index contributed by atoms with van der Waals surface area (Å²) in [6.45, 7) is 1.98. The number of nitrogens with two attached hydrogens (primary N) is 1. The predicted octanol–water partition coefficient (Wildman–Crippen LogP) is 3.98. The lowest BCUT2D eigenvalue weighted by Gasteiger charge is -2.15. The first kappa shape index (κ1) is 13.5. The van der Waals surface area contributed by atoms with Crippen LogP contribution in [-0.4, -0.2) is 0 Å². The van der Waals surface area contributed by atoms with E-state index in [1.807, 2.05) is 31.2 Å². The Morgan fingerprint density at radius 2 is 1.94 bits per heavy atom. The molecule has 2 N–H and O–H groups in total. The van der Waals surface area contributed by atoms with Crippen molar-refractivity contribution in [2.75, 3.05) is 0 Å². The molecule has 2 aromatic carbocycles. The molecule has 2 rings (SSSR count). The van der Waals surface area contributed by atoms with Gasteiger partial charge in [0, 0.05) is 9.61 Å². The summed E-state index contributed by atoms with van der Waals surface area (Å²) >= 11 is 2.28. The molecule has 0 spiro atoms. The van der Waals surface area contributed by atoms with Crippen molar-refractivity contribution in [3.63, 3.8) is 0 Å². The third-order valence-electron chi connectivity index (χ3n) is 3.06. The van der Waals surface area contributed by atoms with Crippen molar-refractivity contribution in [3.05, 3.63) is 68.5 Å². The summed E-state index contributed by atoms with van der Waals surface area (Å²) in [4.78, 5) is 0. The third-order valence-corrected chi connectivity index (χ3v) is 4.04. The Morgan fingerprint density at radius 1 is 1.22 bits per heavy atom. The molecule has 0 saturated carbocycles. The van der Waals surface area contributed by atoms with Gasteiger partial charge in [-0.2, -0.15) is 0 Å². The van der Waals surface area contributed by atoms with Gasteiger partial charge in [0.05, 0.1) is 0 Å². The van der Waals surface area contributed by atoms with E-state index in [2.05, 4.69) is 22.6 Å². The highest BCUT2D eigenvalue weighted by molar-refractivity contribution is 14.1. The maximum absolute atomic E-state index is 13.2.